The first-order valence-electron chi connectivity index (χ1n) is 5.16. The third kappa shape index (κ3) is 4.95. The summed E-state index contributed by atoms with van der Waals surface area (Å²) in [6, 6.07) is 0. The number of hydrogen-bond acceptors (Lipinski definition) is 4. The van der Waals surface area contributed by atoms with Gasteiger partial charge < -0.3 is 9.47 Å². The molecular weight excluding hydrogens is 262 g/mol. The minimum Gasteiger partial charge on any atom is -0.463 e. The number of alkyl halides is 1. The number of hydrogen-bond donors (Lipinski definition) is 0. The Morgan fingerprint density at radius 1 is 1.47 bits per heavy atom. The van der Waals surface area contributed by atoms with Gasteiger partial charge in [0.25, 0.3) is 0 Å². The standard InChI is InChI=1S/C10H18BrNO3/c1-10(2,11)9(13)15-8-5-12-3-6-14-7-4-12/h3-8H2,1-2H3. The molecule has 1 aliphatic rings. The van der Waals surface area contributed by atoms with E-state index in [1.807, 2.05) is 0 Å². The van der Waals surface area contributed by atoms with Gasteiger partial charge in [0.05, 0.1) is 13.2 Å². The van der Waals surface area contributed by atoms with Crippen LogP contribution < -0.4 is 0 Å². The van der Waals surface area contributed by atoms with Crippen molar-refractivity contribution in [3.05, 3.63) is 0 Å². The number of ether oxygens (including phenoxy) is 2. The maximum atomic E-state index is 11.4. The molecule has 0 aromatic carbocycles. The van der Waals surface area contributed by atoms with E-state index in [1.54, 1.807) is 13.8 Å². The van der Waals surface area contributed by atoms with Gasteiger partial charge in [0, 0.05) is 19.6 Å². The summed E-state index contributed by atoms with van der Waals surface area (Å²) in [4.78, 5) is 13.6. The molecule has 0 aromatic rings. The van der Waals surface area contributed by atoms with Crippen LogP contribution >= 0.6 is 15.9 Å². The fourth-order valence-electron chi connectivity index (χ4n) is 1.26. The zero-order valence-electron chi connectivity index (χ0n) is 9.29. The lowest BCUT2D eigenvalue weighted by molar-refractivity contribution is -0.146. The van der Waals surface area contributed by atoms with Gasteiger partial charge >= 0.3 is 5.97 Å². The molecule has 0 amide bonds. The molecule has 0 saturated carbocycles. The SMILES string of the molecule is CC(C)(Br)C(=O)OCCN1CCOCC1. The number of carbonyl (C=O) groups is 1. The van der Waals surface area contributed by atoms with Crippen LogP contribution in [-0.2, 0) is 14.3 Å². The molecule has 15 heavy (non-hydrogen) atoms. The van der Waals surface area contributed by atoms with Crippen molar-refractivity contribution in [2.75, 3.05) is 39.5 Å². The lowest BCUT2D eigenvalue weighted by atomic mass is 10.2. The van der Waals surface area contributed by atoms with Gasteiger partial charge in [-0.2, -0.15) is 0 Å². The minimum atomic E-state index is -0.585. The average Bonchev–Trinajstić information content (AvgIpc) is 2.18. The van der Waals surface area contributed by atoms with E-state index in [9.17, 15) is 4.79 Å². The molecule has 0 radical (unpaired) electrons. The van der Waals surface area contributed by atoms with E-state index in [4.69, 9.17) is 9.47 Å². The summed E-state index contributed by atoms with van der Waals surface area (Å²) in [5, 5.41) is 0. The van der Waals surface area contributed by atoms with Gasteiger partial charge in [0.2, 0.25) is 0 Å². The molecule has 4 nitrogen and oxygen atoms in total. The minimum absolute atomic E-state index is 0.212. The van der Waals surface area contributed by atoms with Crippen molar-refractivity contribution in [2.24, 2.45) is 0 Å². The van der Waals surface area contributed by atoms with E-state index < -0.39 is 4.32 Å². The lowest BCUT2D eigenvalue weighted by Gasteiger charge is -2.26. The zero-order valence-corrected chi connectivity index (χ0v) is 10.9. The van der Waals surface area contributed by atoms with Crippen LogP contribution in [0.5, 0.6) is 0 Å². The smallest absolute Gasteiger partial charge is 0.322 e. The third-order valence-corrected chi connectivity index (χ3v) is 2.55. The van der Waals surface area contributed by atoms with E-state index >= 15 is 0 Å². The van der Waals surface area contributed by atoms with Gasteiger partial charge in [-0.3, -0.25) is 9.69 Å². The molecule has 0 atom stereocenters. The molecule has 1 fully saturated rings. The molecule has 0 spiro atoms. The van der Waals surface area contributed by atoms with Crippen LogP contribution in [0.15, 0.2) is 0 Å². The normalized spacial score (nSPS) is 18.9. The second-order valence-electron chi connectivity index (χ2n) is 4.06. The molecular formula is C10H18BrNO3. The van der Waals surface area contributed by atoms with Gasteiger partial charge in [-0.1, -0.05) is 15.9 Å². The largest absolute Gasteiger partial charge is 0.463 e. The Morgan fingerprint density at radius 2 is 2.07 bits per heavy atom. The van der Waals surface area contributed by atoms with Crippen molar-refractivity contribution in [2.45, 2.75) is 18.2 Å². The van der Waals surface area contributed by atoms with Gasteiger partial charge in [0.1, 0.15) is 10.9 Å². The number of esters is 1. The Bertz CT molecular complexity index is 209. The first-order valence-corrected chi connectivity index (χ1v) is 5.95. The summed E-state index contributed by atoms with van der Waals surface area (Å²) in [7, 11) is 0. The second-order valence-corrected chi connectivity index (χ2v) is 6.04. The predicted octanol–water partition coefficient (Wildman–Crippen LogP) is 1.04. The third-order valence-electron chi connectivity index (χ3n) is 2.23. The highest BCUT2D eigenvalue weighted by Gasteiger charge is 2.25. The average molecular weight is 280 g/mol. The second kappa shape index (κ2) is 5.82. The van der Waals surface area contributed by atoms with Crippen LogP contribution in [0, 0.1) is 0 Å². The van der Waals surface area contributed by atoms with Crippen LogP contribution in [0.25, 0.3) is 0 Å². The highest BCUT2D eigenvalue weighted by Crippen LogP contribution is 2.17. The number of rotatable bonds is 4. The fourth-order valence-corrected chi connectivity index (χ4v) is 1.38. The Balaban J connectivity index is 2.12. The molecule has 5 heteroatoms. The summed E-state index contributed by atoms with van der Waals surface area (Å²) in [6.07, 6.45) is 0. The number of nitrogens with zero attached hydrogens (tertiary/aromatic N) is 1. The van der Waals surface area contributed by atoms with Crippen LogP contribution in [0.1, 0.15) is 13.8 Å². The molecule has 0 aliphatic carbocycles. The molecule has 1 rings (SSSR count). The molecule has 0 N–H and O–H groups in total. The van der Waals surface area contributed by atoms with Crippen LogP contribution in [0.3, 0.4) is 0 Å². The molecule has 0 unspecified atom stereocenters. The first kappa shape index (κ1) is 12.9. The fraction of sp³-hybridized carbons (Fsp3) is 0.900. The molecule has 1 aliphatic heterocycles. The first-order chi connectivity index (χ1) is 7.00. The Labute approximate surface area is 99.0 Å². The summed E-state index contributed by atoms with van der Waals surface area (Å²) < 4.78 is 9.78. The van der Waals surface area contributed by atoms with Crippen molar-refractivity contribution >= 4 is 21.9 Å². The molecule has 0 bridgehead atoms. The zero-order chi connectivity index (χ0) is 11.3. The Morgan fingerprint density at radius 3 is 2.60 bits per heavy atom. The topological polar surface area (TPSA) is 38.8 Å². The molecule has 88 valence electrons. The summed E-state index contributed by atoms with van der Waals surface area (Å²) in [5.41, 5.74) is 0. The number of halogens is 1. The number of carbonyl (C=O) groups excluding carboxylic acids is 1. The Hall–Kier alpha value is -0.130. The molecule has 1 saturated heterocycles. The molecule has 1 heterocycles. The summed E-state index contributed by atoms with van der Waals surface area (Å²) in [5.74, 6) is -0.212. The summed E-state index contributed by atoms with van der Waals surface area (Å²) >= 11 is 3.26. The van der Waals surface area contributed by atoms with Crippen molar-refractivity contribution in [3.63, 3.8) is 0 Å². The van der Waals surface area contributed by atoms with Crippen molar-refractivity contribution in [1.82, 2.24) is 4.90 Å². The van der Waals surface area contributed by atoms with Crippen LogP contribution in [0.2, 0.25) is 0 Å². The van der Waals surface area contributed by atoms with Gasteiger partial charge in [-0.15, -0.1) is 0 Å². The van der Waals surface area contributed by atoms with Gasteiger partial charge in [-0.05, 0) is 13.8 Å². The monoisotopic (exact) mass is 279 g/mol. The van der Waals surface area contributed by atoms with Gasteiger partial charge in [-0.25, -0.2) is 0 Å². The van der Waals surface area contributed by atoms with Crippen molar-refractivity contribution in [1.29, 1.82) is 0 Å². The van der Waals surface area contributed by atoms with E-state index in [0.29, 0.717) is 6.61 Å². The lowest BCUT2D eigenvalue weighted by Crippen LogP contribution is -2.39. The van der Waals surface area contributed by atoms with E-state index in [1.165, 1.54) is 0 Å². The highest BCUT2D eigenvalue weighted by atomic mass is 79.9. The van der Waals surface area contributed by atoms with Crippen LogP contribution in [-0.4, -0.2) is 54.6 Å². The Kier molecular flexibility index (Phi) is 5.02. The van der Waals surface area contributed by atoms with Gasteiger partial charge in [0.15, 0.2) is 0 Å². The van der Waals surface area contributed by atoms with E-state index in [2.05, 4.69) is 20.8 Å². The predicted molar refractivity (Wildman–Crippen MR) is 61.2 cm³/mol. The van der Waals surface area contributed by atoms with E-state index in [0.717, 1.165) is 32.8 Å². The maximum Gasteiger partial charge on any atom is 0.322 e. The number of morpholine rings is 1. The van der Waals surface area contributed by atoms with E-state index in [-0.39, 0.29) is 5.97 Å². The summed E-state index contributed by atoms with van der Waals surface area (Å²) in [6.45, 7) is 8.21. The maximum absolute atomic E-state index is 11.4. The van der Waals surface area contributed by atoms with Crippen LogP contribution in [0.4, 0.5) is 0 Å². The van der Waals surface area contributed by atoms with Crippen molar-refractivity contribution < 1.29 is 14.3 Å². The van der Waals surface area contributed by atoms with Crippen molar-refractivity contribution in [3.8, 4) is 0 Å². The highest BCUT2D eigenvalue weighted by molar-refractivity contribution is 9.10. The molecule has 0 aromatic heterocycles. The quantitative estimate of drug-likeness (QED) is 0.569.